The van der Waals surface area contributed by atoms with Gasteiger partial charge in [-0.1, -0.05) is 146 Å². The van der Waals surface area contributed by atoms with Gasteiger partial charge in [0.15, 0.2) is 23.1 Å². The molecule has 0 aliphatic rings. The van der Waals surface area contributed by atoms with Crippen molar-refractivity contribution in [3.8, 4) is 34.2 Å². The van der Waals surface area contributed by atoms with Crippen molar-refractivity contribution in [2.24, 2.45) is 0 Å². The fraction of sp³-hybridized carbons (Fsp3) is 0. The molecule has 0 aliphatic carbocycles. The van der Waals surface area contributed by atoms with Crippen LogP contribution in [0.25, 0.3) is 77.6 Å². The molecular weight excluding hydrogens is 637 g/mol. The first kappa shape index (κ1) is 29.8. The predicted molar refractivity (Wildman–Crippen MR) is 213 cm³/mol. The van der Waals surface area contributed by atoms with Gasteiger partial charge in [0, 0.05) is 33.3 Å². The Balaban J connectivity index is 1.27. The number of fused-ring (bicyclic) bond motifs is 6. The van der Waals surface area contributed by atoms with E-state index < -0.39 is 0 Å². The van der Waals surface area contributed by atoms with Crippen LogP contribution in [0.1, 0.15) is 0 Å². The summed E-state index contributed by atoms with van der Waals surface area (Å²) in [5, 5.41) is 6.60. The Kier molecular flexibility index (Phi) is 7.07. The van der Waals surface area contributed by atoms with Gasteiger partial charge in [-0.05, 0) is 57.9 Å². The topological polar surface area (TPSA) is 55.1 Å². The van der Waals surface area contributed by atoms with Crippen molar-refractivity contribution in [1.29, 1.82) is 0 Å². The molecule has 0 N–H and O–H groups in total. The highest BCUT2D eigenvalue weighted by atomic mass is 16.3. The van der Waals surface area contributed by atoms with Crippen molar-refractivity contribution in [3.05, 3.63) is 182 Å². The van der Waals surface area contributed by atoms with E-state index in [1.807, 2.05) is 66.7 Å². The summed E-state index contributed by atoms with van der Waals surface area (Å²) in [6, 6.07) is 62.7. The lowest BCUT2D eigenvalue weighted by Crippen LogP contribution is -2.10. The molecule has 0 unspecified atom stereocenters. The number of para-hydroxylation sites is 2. The second kappa shape index (κ2) is 12.3. The number of hydrogen-bond donors (Lipinski definition) is 0. The zero-order valence-corrected chi connectivity index (χ0v) is 28.0. The van der Waals surface area contributed by atoms with Gasteiger partial charge in [-0.15, -0.1) is 0 Å². The summed E-state index contributed by atoms with van der Waals surface area (Å²) in [5.41, 5.74) is 7.18. The molecular formula is C47H30N4O. The highest BCUT2D eigenvalue weighted by Gasteiger charge is 2.24. The molecule has 52 heavy (non-hydrogen) atoms. The number of rotatable bonds is 6. The van der Waals surface area contributed by atoms with Gasteiger partial charge in [-0.2, -0.15) is 0 Å². The average Bonchev–Trinajstić information content (AvgIpc) is 3.62. The normalized spacial score (nSPS) is 11.5. The lowest BCUT2D eigenvalue weighted by molar-refractivity contribution is 0.670. The van der Waals surface area contributed by atoms with Crippen molar-refractivity contribution >= 4 is 60.5 Å². The van der Waals surface area contributed by atoms with Gasteiger partial charge in [0.25, 0.3) is 0 Å². The summed E-state index contributed by atoms with van der Waals surface area (Å²) in [6.07, 6.45) is 0. The molecule has 5 nitrogen and oxygen atoms in total. The van der Waals surface area contributed by atoms with E-state index in [2.05, 4.69) is 120 Å². The SMILES string of the molecule is c1ccc(-c2nc(-c3ccccc3)nc(-c3cc4ccccc4c4c3oc3c(N(c5ccccc5)c5ccc6ccccc6c5)cccc34)n2)cc1. The fourth-order valence-electron chi connectivity index (χ4n) is 7.22. The summed E-state index contributed by atoms with van der Waals surface area (Å²) in [5.74, 6) is 1.77. The maximum absolute atomic E-state index is 7.14. The Morgan fingerprint density at radius 3 is 1.67 bits per heavy atom. The molecule has 10 aromatic rings. The van der Waals surface area contributed by atoms with E-state index >= 15 is 0 Å². The van der Waals surface area contributed by atoms with Gasteiger partial charge in [0.2, 0.25) is 0 Å². The molecule has 0 saturated carbocycles. The summed E-state index contributed by atoms with van der Waals surface area (Å²) in [7, 11) is 0. The van der Waals surface area contributed by atoms with Crippen LogP contribution in [-0.4, -0.2) is 15.0 Å². The van der Waals surface area contributed by atoms with Crippen molar-refractivity contribution in [1.82, 2.24) is 15.0 Å². The first-order valence-corrected chi connectivity index (χ1v) is 17.4. The van der Waals surface area contributed by atoms with E-state index in [0.717, 1.165) is 66.5 Å². The molecule has 0 spiro atoms. The molecule has 0 radical (unpaired) electrons. The van der Waals surface area contributed by atoms with E-state index in [0.29, 0.717) is 17.5 Å². The molecule has 10 rings (SSSR count). The second-order valence-electron chi connectivity index (χ2n) is 12.8. The van der Waals surface area contributed by atoms with Crippen LogP contribution in [0.15, 0.2) is 186 Å². The molecule has 244 valence electrons. The van der Waals surface area contributed by atoms with Crippen molar-refractivity contribution in [2.75, 3.05) is 4.90 Å². The van der Waals surface area contributed by atoms with Gasteiger partial charge in [-0.25, -0.2) is 15.0 Å². The van der Waals surface area contributed by atoms with E-state index in [-0.39, 0.29) is 0 Å². The molecule has 5 heteroatoms. The van der Waals surface area contributed by atoms with Crippen molar-refractivity contribution < 1.29 is 4.42 Å². The first-order valence-electron chi connectivity index (χ1n) is 17.4. The summed E-state index contributed by atoms with van der Waals surface area (Å²) in [4.78, 5) is 17.5. The second-order valence-corrected chi connectivity index (χ2v) is 12.8. The van der Waals surface area contributed by atoms with Gasteiger partial charge >= 0.3 is 0 Å². The number of anilines is 3. The summed E-state index contributed by atoms with van der Waals surface area (Å²) >= 11 is 0. The van der Waals surface area contributed by atoms with E-state index in [4.69, 9.17) is 19.4 Å². The number of aromatic nitrogens is 3. The Hall–Kier alpha value is -7.11. The van der Waals surface area contributed by atoms with Crippen molar-refractivity contribution in [3.63, 3.8) is 0 Å². The highest BCUT2D eigenvalue weighted by Crippen LogP contribution is 2.46. The third kappa shape index (κ3) is 5.07. The standard InChI is InChI=1S/C47H30N4O/c1-4-16-32(17-5-1)45-48-46(33-18-6-2-7-19-33)50-47(49-45)40-30-35-21-12-13-24-38(35)42-39-25-14-26-41(43(39)52-44(40)42)51(36-22-8-3-9-23-36)37-28-27-31-15-10-11-20-34(31)29-37/h1-30H. The minimum Gasteiger partial charge on any atom is -0.453 e. The van der Waals surface area contributed by atoms with Gasteiger partial charge in [-0.3, -0.25) is 0 Å². The smallest absolute Gasteiger partial charge is 0.167 e. The summed E-state index contributed by atoms with van der Waals surface area (Å²) in [6.45, 7) is 0. The largest absolute Gasteiger partial charge is 0.453 e. The fourth-order valence-corrected chi connectivity index (χ4v) is 7.22. The van der Waals surface area contributed by atoms with Crippen LogP contribution in [0.4, 0.5) is 17.1 Å². The van der Waals surface area contributed by atoms with Gasteiger partial charge < -0.3 is 9.32 Å². The summed E-state index contributed by atoms with van der Waals surface area (Å²) < 4.78 is 7.14. The number of benzene rings is 8. The minimum absolute atomic E-state index is 0.554. The van der Waals surface area contributed by atoms with Crippen LogP contribution in [0.3, 0.4) is 0 Å². The Bertz CT molecular complexity index is 2850. The average molecular weight is 667 g/mol. The lowest BCUT2D eigenvalue weighted by atomic mass is 9.99. The predicted octanol–water partition coefficient (Wildman–Crippen LogP) is 12.5. The number of nitrogens with zero attached hydrogens (tertiary/aromatic N) is 4. The molecule has 8 aromatic carbocycles. The zero-order chi connectivity index (χ0) is 34.4. The Labute approximate surface area is 300 Å². The molecule has 2 aromatic heterocycles. The number of hydrogen-bond acceptors (Lipinski definition) is 5. The monoisotopic (exact) mass is 666 g/mol. The first-order chi connectivity index (χ1) is 25.8. The third-order valence-electron chi connectivity index (χ3n) is 9.66. The van der Waals surface area contributed by atoms with Gasteiger partial charge in [0.1, 0.15) is 5.58 Å². The van der Waals surface area contributed by atoms with E-state index in [9.17, 15) is 0 Å². The molecule has 0 amide bonds. The maximum Gasteiger partial charge on any atom is 0.167 e. The zero-order valence-electron chi connectivity index (χ0n) is 28.0. The third-order valence-corrected chi connectivity index (χ3v) is 9.66. The Morgan fingerprint density at radius 1 is 0.385 bits per heavy atom. The van der Waals surface area contributed by atoms with E-state index in [1.54, 1.807) is 0 Å². The molecule has 0 saturated heterocycles. The van der Waals surface area contributed by atoms with Crippen LogP contribution >= 0.6 is 0 Å². The van der Waals surface area contributed by atoms with Crippen LogP contribution in [0, 0.1) is 0 Å². The molecule has 0 bridgehead atoms. The van der Waals surface area contributed by atoms with Crippen LogP contribution in [0.2, 0.25) is 0 Å². The number of furan rings is 1. The van der Waals surface area contributed by atoms with Crippen LogP contribution < -0.4 is 4.90 Å². The quantitative estimate of drug-likeness (QED) is 0.177. The lowest BCUT2D eigenvalue weighted by Gasteiger charge is -2.25. The van der Waals surface area contributed by atoms with Crippen LogP contribution in [-0.2, 0) is 0 Å². The molecule has 2 heterocycles. The maximum atomic E-state index is 7.14. The minimum atomic E-state index is 0.554. The molecule has 0 atom stereocenters. The molecule has 0 aliphatic heterocycles. The van der Waals surface area contributed by atoms with Crippen LogP contribution in [0.5, 0.6) is 0 Å². The van der Waals surface area contributed by atoms with Crippen molar-refractivity contribution in [2.45, 2.75) is 0 Å². The Morgan fingerprint density at radius 2 is 0.962 bits per heavy atom. The van der Waals surface area contributed by atoms with E-state index in [1.165, 1.54) is 10.8 Å². The van der Waals surface area contributed by atoms with Gasteiger partial charge in [0.05, 0.1) is 11.3 Å². The highest BCUT2D eigenvalue weighted by molar-refractivity contribution is 6.24. The molecule has 0 fully saturated rings.